The minimum Gasteiger partial charge on any atom is -0.492 e. The van der Waals surface area contributed by atoms with E-state index in [2.05, 4.69) is 45.5 Å². The molecule has 0 spiro atoms. The van der Waals surface area contributed by atoms with Gasteiger partial charge in [0.05, 0.1) is 16.7 Å². The van der Waals surface area contributed by atoms with Crippen molar-refractivity contribution >= 4 is 16.8 Å². The molecule has 1 saturated heterocycles. The van der Waals surface area contributed by atoms with E-state index < -0.39 is 5.54 Å². The second-order valence-electron chi connectivity index (χ2n) is 10.2. The van der Waals surface area contributed by atoms with E-state index in [1.165, 1.54) is 0 Å². The van der Waals surface area contributed by atoms with Crippen LogP contribution in [0, 0.1) is 6.92 Å². The van der Waals surface area contributed by atoms with E-state index in [0.29, 0.717) is 18.2 Å². The van der Waals surface area contributed by atoms with Crippen molar-refractivity contribution in [1.82, 2.24) is 25.0 Å². The number of hydrogen-bond acceptors (Lipinski definition) is 5. The molecule has 1 saturated carbocycles. The lowest BCUT2D eigenvalue weighted by Gasteiger charge is -2.37. The fraction of sp³-hybridized carbons (Fsp3) is 0.345. The van der Waals surface area contributed by atoms with Crippen LogP contribution in [0.2, 0.25) is 0 Å². The molecule has 1 aliphatic carbocycles. The van der Waals surface area contributed by atoms with Crippen molar-refractivity contribution in [3.8, 4) is 17.0 Å². The van der Waals surface area contributed by atoms with Gasteiger partial charge in [0, 0.05) is 42.0 Å². The minimum atomic E-state index is -0.416. The largest absolute Gasteiger partial charge is 0.492 e. The Kier molecular flexibility index (Phi) is 5.52. The molecule has 3 heterocycles. The Morgan fingerprint density at radius 3 is 2.72 bits per heavy atom. The van der Waals surface area contributed by atoms with E-state index in [4.69, 9.17) is 4.74 Å². The van der Waals surface area contributed by atoms with E-state index in [1.54, 1.807) is 4.68 Å². The Bertz CT molecular complexity index is 1460. The lowest BCUT2D eigenvalue weighted by Crippen LogP contribution is -2.48. The molecule has 7 heteroatoms. The van der Waals surface area contributed by atoms with Crippen LogP contribution in [0.5, 0.6) is 5.75 Å². The number of likely N-dealkylation sites (N-methyl/N-ethyl adjacent to an activating group) is 1. The van der Waals surface area contributed by atoms with Crippen LogP contribution in [0.25, 0.3) is 22.2 Å². The summed E-state index contributed by atoms with van der Waals surface area (Å²) in [4.78, 5) is 20.5. The van der Waals surface area contributed by atoms with E-state index >= 15 is 0 Å². The predicted octanol–water partition coefficient (Wildman–Crippen LogP) is 4.45. The van der Waals surface area contributed by atoms with Crippen molar-refractivity contribution in [3.63, 3.8) is 0 Å². The summed E-state index contributed by atoms with van der Waals surface area (Å²) in [5, 5.41) is 9.04. The summed E-state index contributed by atoms with van der Waals surface area (Å²) < 4.78 is 7.84. The second kappa shape index (κ2) is 8.75. The third-order valence-corrected chi connectivity index (χ3v) is 7.68. The number of carbonyl (C=O) groups is 1. The number of nitrogens with one attached hydrogen (secondary N) is 1. The fourth-order valence-electron chi connectivity index (χ4n) is 5.08. The van der Waals surface area contributed by atoms with Crippen molar-refractivity contribution in [2.75, 3.05) is 20.2 Å². The Morgan fingerprint density at radius 2 is 2.03 bits per heavy atom. The average Bonchev–Trinajstić information content (AvgIpc) is 3.52. The molecule has 0 radical (unpaired) electrons. The number of rotatable bonds is 7. The minimum absolute atomic E-state index is 0.0727. The van der Waals surface area contributed by atoms with Crippen LogP contribution in [-0.4, -0.2) is 51.8 Å². The number of hydrogen-bond donors (Lipinski definition) is 1. The SMILES string of the molecule is Cc1ccc(OC[C@@H]2CCN2C)cc1C(=O)NC1(c2cc(-c3ccn(C)n3)cc3ncccc23)CC1. The molecule has 2 aromatic carbocycles. The molecule has 2 fully saturated rings. The number of ether oxygens (including phenoxy) is 1. The van der Waals surface area contributed by atoms with Crippen LogP contribution < -0.4 is 10.1 Å². The summed E-state index contributed by atoms with van der Waals surface area (Å²) in [5.74, 6) is 0.666. The monoisotopic (exact) mass is 481 g/mol. The Morgan fingerprint density at radius 1 is 1.17 bits per heavy atom. The standard InChI is InChI=1S/C29H31N5O2/c1-19-6-7-22(36-18-21-8-13-33(21)2)17-24(19)28(35)31-29(10-11-29)25-15-20(26-9-14-34(3)32-26)16-27-23(25)5-4-12-30-27/h4-7,9,12,14-17,21H,8,10-11,13,18H2,1-3H3,(H,31,35)/t21-/m0/s1. The molecule has 6 rings (SSSR count). The summed E-state index contributed by atoms with van der Waals surface area (Å²) in [6.07, 6.45) is 6.67. The lowest BCUT2D eigenvalue weighted by atomic mass is 9.95. The highest BCUT2D eigenvalue weighted by Gasteiger charge is 2.47. The number of nitrogens with zero attached hydrogens (tertiary/aromatic N) is 4. The zero-order valence-corrected chi connectivity index (χ0v) is 21.0. The zero-order chi connectivity index (χ0) is 24.9. The first kappa shape index (κ1) is 22.7. The summed E-state index contributed by atoms with van der Waals surface area (Å²) in [7, 11) is 4.03. The van der Waals surface area contributed by atoms with Crippen molar-refractivity contribution in [3.05, 3.63) is 77.6 Å². The van der Waals surface area contributed by atoms with Crippen molar-refractivity contribution < 1.29 is 9.53 Å². The van der Waals surface area contributed by atoms with Gasteiger partial charge in [0.25, 0.3) is 5.91 Å². The summed E-state index contributed by atoms with van der Waals surface area (Å²) >= 11 is 0. The van der Waals surface area contributed by atoms with Gasteiger partial charge in [-0.25, -0.2) is 0 Å². The van der Waals surface area contributed by atoms with Crippen molar-refractivity contribution in [1.29, 1.82) is 0 Å². The number of amides is 1. The van der Waals surface area contributed by atoms with Gasteiger partial charge in [-0.1, -0.05) is 12.1 Å². The lowest BCUT2D eigenvalue weighted by molar-refractivity contribution is 0.0767. The maximum atomic E-state index is 13.6. The van der Waals surface area contributed by atoms with E-state index in [-0.39, 0.29) is 5.91 Å². The Hall–Kier alpha value is -3.71. The molecule has 1 N–H and O–H groups in total. The molecular formula is C29H31N5O2. The zero-order valence-electron chi connectivity index (χ0n) is 21.0. The van der Waals surface area contributed by atoms with Gasteiger partial charge in [0.2, 0.25) is 0 Å². The summed E-state index contributed by atoms with van der Waals surface area (Å²) in [5.41, 5.74) is 5.08. The fourth-order valence-corrected chi connectivity index (χ4v) is 5.08. The van der Waals surface area contributed by atoms with Crippen LogP contribution in [0.3, 0.4) is 0 Å². The smallest absolute Gasteiger partial charge is 0.252 e. The number of aryl methyl sites for hydroxylation is 2. The number of pyridine rings is 1. The predicted molar refractivity (Wildman–Crippen MR) is 140 cm³/mol. The highest BCUT2D eigenvalue weighted by atomic mass is 16.5. The van der Waals surface area contributed by atoms with E-state index in [9.17, 15) is 4.79 Å². The Labute approximate surface area is 211 Å². The summed E-state index contributed by atoms with van der Waals surface area (Å²) in [6.45, 7) is 3.73. The molecule has 7 nitrogen and oxygen atoms in total. The number of aromatic nitrogens is 3. The van der Waals surface area contributed by atoms with Crippen molar-refractivity contribution in [2.24, 2.45) is 7.05 Å². The van der Waals surface area contributed by atoms with E-state index in [0.717, 1.165) is 64.8 Å². The molecule has 1 atom stereocenters. The van der Waals surface area contributed by atoms with Gasteiger partial charge in [0.1, 0.15) is 12.4 Å². The molecule has 4 aromatic rings. The van der Waals surface area contributed by atoms with Gasteiger partial charge in [0.15, 0.2) is 0 Å². The van der Waals surface area contributed by atoms with Crippen LogP contribution in [-0.2, 0) is 12.6 Å². The van der Waals surface area contributed by atoms with Crippen LogP contribution in [0.1, 0.15) is 40.7 Å². The molecule has 2 aliphatic rings. The molecule has 2 aromatic heterocycles. The average molecular weight is 482 g/mol. The molecule has 1 amide bonds. The molecular weight excluding hydrogens is 450 g/mol. The molecule has 0 unspecified atom stereocenters. The van der Waals surface area contributed by atoms with Crippen molar-refractivity contribution in [2.45, 2.75) is 37.8 Å². The van der Waals surface area contributed by atoms with Gasteiger partial charge in [-0.05, 0) is 87.3 Å². The second-order valence-corrected chi connectivity index (χ2v) is 10.2. The topological polar surface area (TPSA) is 72.3 Å². The number of likely N-dealkylation sites (tertiary alicyclic amines) is 1. The van der Waals surface area contributed by atoms with Gasteiger partial charge in [-0.2, -0.15) is 5.10 Å². The van der Waals surface area contributed by atoms with Gasteiger partial charge in [-0.3, -0.25) is 19.4 Å². The number of fused-ring (bicyclic) bond motifs is 1. The van der Waals surface area contributed by atoms with Gasteiger partial charge >= 0.3 is 0 Å². The normalized spacial score (nSPS) is 18.6. The van der Waals surface area contributed by atoms with Crippen LogP contribution >= 0.6 is 0 Å². The molecule has 184 valence electrons. The molecule has 1 aliphatic heterocycles. The highest BCUT2D eigenvalue weighted by molar-refractivity contribution is 5.98. The third-order valence-electron chi connectivity index (χ3n) is 7.68. The first-order valence-electron chi connectivity index (χ1n) is 12.6. The number of benzene rings is 2. The van der Waals surface area contributed by atoms with Crippen LogP contribution in [0.15, 0.2) is 60.9 Å². The van der Waals surface area contributed by atoms with E-state index in [1.807, 2.05) is 56.7 Å². The first-order chi connectivity index (χ1) is 17.4. The highest BCUT2D eigenvalue weighted by Crippen LogP contribution is 2.49. The van der Waals surface area contributed by atoms with Gasteiger partial charge in [-0.15, -0.1) is 0 Å². The Balaban J connectivity index is 1.30. The first-order valence-corrected chi connectivity index (χ1v) is 12.6. The number of carbonyl (C=O) groups excluding carboxylic acids is 1. The maximum Gasteiger partial charge on any atom is 0.252 e. The summed E-state index contributed by atoms with van der Waals surface area (Å²) in [6, 6.07) is 16.5. The maximum absolute atomic E-state index is 13.6. The van der Waals surface area contributed by atoms with Crippen LogP contribution in [0.4, 0.5) is 0 Å². The molecule has 0 bridgehead atoms. The quantitative estimate of drug-likeness (QED) is 0.422. The third kappa shape index (κ3) is 4.13. The van der Waals surface area contributed by atoms with Gasteiger partial charge < -0.3 is 10.1 Å². The molecule has 36 heavy (non-hydrogen) atoms.